The summed E-state index contributed by atoms with van der Waals surface area (Å²) < 4.78 is 4.99. The van der Waals surface area contributed by atoms with Crippen molar-refractivity contribution in [3.63, 3.8) is 0 Å². The number of ether oxygens (including phenoxy) is 1. The number of carbonyl (C=O) groups is 2. The second-order valence-corrected chi connectivity index (χ2v) is 7.44. The Morgan fingerprint density at radius 3 is 2.68 bits per heavy atom. The number of halogens is 1. The molecule has 0 heterocycles. The first-order valence-corrected chi connectivity index (χ1v) is 9.77. The monoisotopic (exact) mass is 380 g/mol. The number of nitriles is 1. The number of hydrogen-bond acceptors (Lipinski definition) is 5. The number of nitrogens with zero attached hydrogens (tertiary/aromatic N) is 1. The average Bonchev–Trinajstić information content (AvgIpc) is 2.62. The zero-order chi connectivity index (χ0) is 18.1. The van der Waals surface area contributed by atoms with Gasteiger partial charge in [0.15, 0.2) is 6.61 Å². The van der Waals surface area contributed by atoms with Crippen molar-refractivity contribution in [2.45, 2.75) is 43.4 Å². The van der Waals surface area contributed by atoms with Gasteiger partial charge in [0, 0.05) is 10.8 Å². The smallest absolute Gasteiger partial charge is 0.316 e. The van der Waals surface area contributed by atoms with E-state index in [1.807, 2.05) is 18.2 Å². The Balaban J connectivity index is 1.68. The summed E-state index contributed by atoms with van der Waals surface area (Å²) >= 11 is 7.43. The SMILES string of the molecule is N#CC1(NC(=O)COC(=O)CSCc2ccccc2Cl)CCCCC1. The van der Waals surface area contributed by atoms with Crippen LogP contribution in [-0.2, 0) is 20.1 Å². The van der Waals surface area contributed by atoms with Gasteiger partial charge in [-0.1, -0.05) is 49.1 Å². The van der Waals surface area contributed by atoms with E-state index in [0.29, 0.717) is 23.6 Å². The van der Waals surface area contributed by atoms with Crippen LogP contribution in [0.2, 0.25) is 5.02 Å². The summed E-state index contributed by atoms with van der Waals surface area (Å²) in [6.07, 6.45) is 4.23. The molecule has 1 aromatic carbocycles. The Morgan fingerprint density at radius 2 is 2.00 bits per heavy atom. The van der Waals surface area contributed by atoms with E-state index in [4.69, 9.17) is 16.3 Å². The summed E-state index contributed by atoms with van der Waals surface area (Å²) in [4.78, 5) is 23.7. The number of nitrogens with one attached hydrogen (secondary N) is 1. The molecule has 0 aromatic heterocycles. The molecule has 25 heavy (non-hydrogen) atoms. The van der Waals surface area contributed by atoms with Crippen molar-refractivity contribution < 1.29 is 14.3 Å². The fourth-order valence-electron chi connectivity index (χ4n) is 2.77. The predicted molar refractivity (Wildman–Crippen MR) is 98.1 cm³/mol. The van der Waals surface area contributed by atoms with E-state index in [1.54, 1.807) is 6.07 Å². The van der Waals surface area contributed by atoms with Crippen LogP contribution in [0.15, 0.2) is 24.3 Å². The van der Waals surface area contributed by atoms with Gasteiger partial charge in [-0.25, -0.2) is 0 Å². The molecular formula is C18H21ClN2O3S. The van der Waals surface area contributed by atoms with E-state index in [2.05, 4.69) is 11.4 Å². The van der Waals surface area contributed by atoms with Crippen LogP contribution in [0.25, 0.3) is 0 Å². The minimum Gasteiger partial charge on any atom is -0.455 e. The number of carbonyl (C=O) groups excluding carboxylic acids is 2. The van der Waals surface area contributed by atoms with Crippen LogP contribution in [0.5, 0.6) is 0 Å². The largest absolute Gasteiger partial charge is 0.455 e. The van der Waals surface area contributed by atoms with Gasteiger partial charge in [-0.05, 0) is 24.5 Å². The summed E-state index contributed by atoms with van der Waals surface area (Å²) in [5.74, 6) is -0.143. The first-order valence-electron chi connectivity index (χ1n) is 8.24. The molecule has 7 heteroatoms. The third kappa shape index (κ3) is 6.26. The normalized spacial score (nSPS) is 15.8. The van der Waals surface area contributed by atoms with Crippen molar-refractivity contribution in [3.8, 4) is 6.07 Å². The number of benzene rings is 1. The maximum absolute atomic E-state index is 12.0. The molecule has 0 unspecified atom stereocenters. The van der Waals surface area contributed by atoms with Gasteiger partial charge in [0.2, 0.25) is 0 Å². The van der Waals surface area contributed by atoms with Crippen molar-refractivity contribution in [3.05, 3.63) is 34.9 Å². The molecule has 0 atom stereocenters. The third-order valence-corrected chi connectivity index (χ3v) is 5.42. The van der Waals surface area contributed by atoms with Crippen LogP contribution >= 0.6 is 23.4 Å². The van der Waals surface area contributed by atoms with Crippen LogP contribution in [0, 0.1) is 11.3 Å². The summed E-state index contributed by atoms with van der Waals surface area (Å²) in [5, 5.41) is 12.7. The van der Waals surface area contributed by atoms with Gasteiger partial charge < -0.3 is 10.1 Å². The first-order chi connectivity index (χ1) is 12.0. The number of rotatable bonds is 7. The lowest BCUT2D eigenvalue weighted by Gasteiger charge is -2.31. The van der Waals surface area contributed by atoms with Crippen LogP contribution in [0.1, 0.15) is 37.7 Å². The molecule has 1 N–H and O–H groups in total. The first kappa shape index (κ1) is 19.6. The zero-order valence-electron chi connectivity index (χ0n) is 13.9. The van der Waals surface area contributed by atoms with Crippen molar-refractivity contribution in [1.82, 2.24) is 5.32 Å². The van der Waals surface area contributed by atoms with Crippen LogP contribution in [0.4, 0.5) is 0 Å². The number of amides is 1. The molecule has 1 aliphatic rings. The predicted octanol–water partition coefficient (Wildman–Crippen LogP) is 3.46. The molecule has 1 aromatic rings. The Morgan fingerprint density at radius 1 is 1.28 bits per heavy atom. The molecule has 0 bridgehead atoms. The highest BCUT2D eigenvalue weighted by Crippen LogP contribution is 2.27. The van der Waals surface area contributed by atoms with Gasteiger partial charge in [0.25, 0.3) is 5.91 Å². The molecular weight excluding hydrogens is 360 g/mol. The highest BCUT2D eigenvalue weighted by atomic mass is 35.5. The molecule has 0 aliphatic heterocycles. The highest BCUT2D eigenvalue weighted by molar-refractivity contribution is 7.99. The summed E-state index contributed by atoms with van der Waals surface area (Å²) in [7, 11) is 0. The van der Waals surface area contributed by atoms with Gasteiger partial charge >= 0.3 is 5.97 Å². The maximum Gasteiger partial charge on any atom is 0.316 e. The molecule has 0 saturated heterocycles. The summed E-state index contributed by atoms with van der Waals surface area (Å²) in [6, 6.07) is 9.65. The molecule has 1 saturated carbocycles. The second kappa shape index (κ2) is 9.69. The van der Waals surface area contributed by atoms with Crippen molar-refractivity contribution >= 4 is 35.2 Å². The van der Waals surface area contributed by atoms with Gasteiger partial charge in [-0.2, -0.15) is 5.26 Å². The van der Waals surface area contributed by atoms with Gasteiger partial charge in [-0.15, -0.1) is 11.8 Å². The molecule has 1 aliphatic carbocycles. The topological polar surface area (TPSA) is 79.2 Å². The quantitative estimate of drug-likeness (QED) is 0.733. The lowest BCUT2D eigenvalue weighted by Crippen LogP contribution is -2.50. The third-order valence-electron chi connectivity index (χ3n) is 4.10. The number of hydrogen-bond donors (Lipinski definition) is 1. The van der Waals surface area contributed by atoms with Crippen molar-refractivity contribution in [1.29, 1.82) is 5.26 Å². The zero-order valence-corrected chi connectivity index (χ0v) is 15.5. The van der Waals surface area contributed by atoms with Crippen molar-refractivity contribution in [2.75, 3.05) is 12.4 Å². The average molecular weight is 381 g/mol. The maximum atomic E-state index is 12.0. The Bertz CT molecular complexity index is 654. The Hall–Kier alpha value is -1.71. The lowest BCUT2D eigenvalue weighted by atomic mass is 9.83. The second-order valence-electron chi connectivity index (χ2n) is 6.05. The van der Waals surface area contributed by atoms with E-state index in [9.17, 15) is 14.9 Å². The van der Waals surface area contributed by atoms with Gasteiger partial charge in [-0.3, -0.25) is 9.59 Å². The number of esters is 1. The van der Waals surface area contributed by atoms with E-state index >= 15 is 0 Å². The van der Waals surface area contributed by atoms with Crippen LogP contribution in [0.3, 0.4) is 0 Å². The van der Waals surface area contributed by atoms with Crippen LogP contribution in [-0.4, -0.2) is 29.8 Å². The van der Waals surface area contributed by atoms with Gasteiger partial charge in [0.1, 0.15) is 5.54 Å². The lowest BCUT2D eigenvalue weighted by molar-refractivity contribution is -0.146. The Kier molecular flexibility index (Phi) is 7.60. The fraction of sp³-hybridized carbons (Fsp3) is 0.500. The molecule has 1 fully saturated rings. The van der Waals surface area contributed by atoms with E-state index in [-0.39, 0.29) is 12.4 Å². The molecule has 0 radical (unpaired) electrons. The molecule has 1 amide bonds. The molecule has 2 rings (SSSR count). The van der Waals surface area contributed by atoms with E-state index < -0.39 is 17.4 Å². The molecule has 5 nitrogen and oxygen atoms in total. The minimum atomic E-state index is -0.805. The summed E-state index contributed by atoms with van der Waals surface area (Å²) in [6.45, 7) is -0.352. The standard InChI is InChI=1S/C18H21ClN2O3S/c19-15-7-3-2-6-14(15)11-25-12-17(23)24-10-16(22)21-18(13-20)8-4-1-5-9-18/h2-3,6-7H,1,4-5,8-12H2,(H,21,22). The minimum absolute atomic E-state index is 0.141. The van der Waals surface area contributed by atoms with Gasteiger partial charge in [0.05, 0.1) is 11.8 Å². The molecule has 134 valence electrons. The number of thioether (sulfide) groups is 1. The van der Waals surface area contributed by atoms with E-state index in [1.165, 1.54) is 11.8 Å². The Labute approximate surface area is 157 Å². The fourth-order valence-corrected chi connectivity index (χ4v) is 3.88. The van der Waals surface area contributed by atoms with Crippen molar-refractivity contribution in [2.24, 2.45) is 0 Å². The van der Waals surface area contributed by atoms with Crippen LogP contribution < -0.4 is 5.32 Å². The molecule has 0 spiro atoms. The summed E-state index contributed by atoms with van der Waals surface area (Å²) in [5.41, 5.74) is 0.147. The highest BCUT2D eigenvalue weighted by Gasteiger charge is 2.33. The van der Waals surface area contributed by atoms with E-state index in [0.717, 1.165) is 24.8 Å².